The second-order valence-electron chi connectivity index (χ2n) is 4.44. The Morgan fingerprint density at radius 3 is 2.39 bits per heavy atom. The standard InChI is InChI=1S/C14H20BrNO2/c1-4-18-12-7-5-11(6-8-12)14(17)16-13(9-15)10(2)3/h5-8,10,13H,4,9H2,1-3H3,(H,16,17). The maximum atomic E-state index is 12.0. The number of hydrogen-bond donors (Lipinski definition) is 1. The first-order valence-electron chi connectivity index (χ1n) is 6.18. The minimum atomic E-state index is -0.0452. The second kappa shape index (κ2) is 7.41. The molecule has 18 heavy (non-hydrogen) atoms. The molecule has 1 N–H and O–H groups in total. The molecule has 0 aliphatic carbocycles. The Morgan fingerprint density at radius 1 is 1.33 bits per heavy atom. The topological polar surface area (TPSA) is 38.3 Å². The molecule has 3 nitrogen and oxygen atoms in total. The third kappa shape index (κ3) is 4.33. The lowest BCUT2D eigenvalue weighted by atomic mass is 10.1. The fourth-order valence-electron chi connectivity index (χ4n) is 1.50. The van der Waals surface area contributed by atoms with Gasteiger partial charge in [-0.3, -0.25) is 4.79 Å². The van der Waals surface area contributed by atoms with Crippen molar-refractivity contribution in [3.63, 3.8) is 0 Å². The molecular formula is C14H20BrNO2. The van der Waals surface area contributed by atoms with Gasteiger partial charge in [-0.05, 0) is 37.1 Å². The Hall–Kier alpha value is -1.03. The number of amides is 1. The molecule has 0 heterocycles. The molecule has 0 bridgehead atoms. The summed E-state index contributed by atoms with van der Waals surface area (Å²) in [6.07, 6.45) is 0. The molecule has 0 fully saturated rings. The Bertz CT molecular complexity index is 376. The molecule has 0 aromatic heterocycles. The van der Waals surface area contributed by atoms with Crippen molar-refractivity contribution in [1.82, 2.24) is 5.32 Å². The van der Waals surface area contributed by atoms with Crippen molar-refractivity contribution in [3.8, 4) is 5.75 Å². The summed E-state index contributed by atoms with van der Waals surface area (Å²) < 4.78 is 5.34. The van der Waals surface area contributed by atoms with E-state index in [4.69, 9.17) is 4.74 Å². The highest BCUT2D eigenvalue weighted by Gasteiger charge is 2.15. The predicted molar refractivity (Wildman–Crippen MR) is 77.5 cm³/mol. The Balaban J connectivity index is 2.66. The molecule has 0 aliphatic heterocycles. The Morgan fingerprint density at radius 2 is 1.94 bits per heavy atom. The van der Waals surface area contributed by atoms with E-state index in [-0.39, 0.29) is 11.9 Å². The zero-order valence-electron chi connectivity index (χ0n) is 11.1. The number of rotatable bonds is 6. The maximum absolute atomic E-state index is 12.0. The summed E-state index contributed by atoms with van der Waals surface area (Å²) >= 11 is 3.41. The summed E-state index contributed by atoms with van der Waals surface area (Å²) in [6.45, 7) is 6.74. The van der Waals surface area contributed by atoms with Crippen LogP contribution < -0.4 is 10.1 Å². The number of carbonyl (C=O) groups is 1. The van der Waals surface area contributed by atoms with Crippen molar-refractivity contribution in [2.75, 3.05) is 11.9 Å². The molecule has 1 atom stereocenters. The van der Waals surface area contributed by atoms with E-state index in [2.05, 4.69) is 35.1 Å². The van der Waals surface area contributed by atoms with Crippen LogP contribution in [0.25, 0.3) is 0 Å². The van der Waals surface area contributed by atoms with Crippen molar-refractivity contribution in [2.45, 2.75) is 26.8 Å². The van der Waals surface area contributed by atoms with Gasteiger partial charge in [0.25, 0.3) is 5.91 Å². The number of halogens is 1. The molecule has 4 heteroatoms. The average molecular weight is 314 g/mol. The van der Waals surface area contributed by atoms with Gasteiger partial charge in [0.15, 0.2) is 0 Å². The van der Waals surface area contributed by atoms with Crippen molar-refractivity contribution in [1.29, 1.82) is 0 Å². The smallest absolute Gasteiger partial charge is 0.251 e. The van der Waals surface area contributed by atoms with E-state index in [1.54, 1.807) is 12.1 Å². The van der Waals surface area contributed by atoms with E-state index >= 15 is 0 Å². The molecular weight excluding hydrogens is 294 g/mol. The highest BCUT2D eigenvalue weighted by Crippen LogP contribution is 2.13. The molecule has 1 rings (SSSR count). The molecule has 0 spiro atoms. The van der Waals surface area contributed by atoms with Crippen LogP contribution in [0.5, 0.6) is 5.75 Å². The van der Waals surface area contributed by atoms with Crippen molar-refractivity contribution >= 4 is 21.8 Å². The molecule has 1 aromatic rings. The van der Waals surface area contributed by atoms with Gasteiger partial charge in [0, 0.05) is 16.9 Å². The summed E-state index contributed by atoms with van der Waals surface area (Å²) in [5.74, 6) is 1.14. The lowest BCUT2D eigenvalue weighted by Crippen LogP contribution is -2.39. The van der Waals surface area contributed by atoms with Gasteiger partial charge in [-0.25, -0.2) is 0 Å². The van der Waals surface area contributed by atoms with Crippen LogP contribution in [0.2, 0.25) is 0 Å². The van der Waals surface area contributed by atoms with Crippen LogP contribution in [0.3, 0.4) is 0 Å². The minimum Gasteiger partial charge on any atom is -0.494 e. The quantitative estimate of drug-likeness (QED) is 0.819. The van der Waals surface area contributed by atoms with Gasteiger partial charge in [-0.15, -0.1) is 0 Å². The van der Waals surface area contributed by atoms with Crippen molar-refractivity contribution in [3.05, 3.63) is 29.8 Å². The van der Waals surface area contributed by atoms with Crippen LogP contribution in [0, 0.1) is 5.92 Å². The SMILES string of the molecule is CCOc1ccc(C(=O)NC(CBr)C(C)C)cc1. The van der Waals surface area contributed by atoms with E-state index < -0.39 is 0 Å². The fraction of sp³-hybridized carbons (Fsp3) is 0.500. The summed E-state index contributed by atoms with van der Waals surface area (Å²) in [4.78, 5) is 12.0. The first-order chi connectivity index (χ1) is 8.58. The number of hydrogen-bond acceptors (Lipinski definition) is 2. The third-order valence-corrected chi connectivity index (χ3v) is 3.41. The zero-order valence-corrected chi connectivity index (χ0v) is 12.7. The lowest BCUT2D eigenvalue weighted by Gasteiger charge is -2.19. The molecule has 1 amide bonds. The lowest BCUT2D eigenvalue weighted by molar-refractivity contribution is 0.0931. The van der Waals surface area contributed by atoms with Gasteiger partial charge in [0.1, 0.15) is 5.75 Å². The van der Waals surface area contributed by atoms with Crippen molar-refractivity contribution < 1.29 is 9.53 Å². The Kier molecular flexibility index (Phi) is 6.19. The monoisotopic (exact) mass is 313 g/mol. The van der Waals surface area contributed by atoms with E-state index in [1.807, 2.05) is 19.1 Å². The number of nitrogens with one attached hydrogen (secondary N) is 1. The molecule has 0 aliphatic rings. The third-order valence-electron chi connectivity index (χ3n) is 2.71. The van der Waals surface area contributed by atoms with Crippen LogP contribution in [0.15, 0.2) is 24.3 Å². The second-order valence-corrected chi connectivity index (χ2v) is 5.08. The summed E-state index contributed by atoms with van der Waals surface area (Å²) in [5.41, 5.74) is 0.657. The highest BCUT2D eigenvalue weighted by atomic mass is 79.9. The highest BCUT2D eigenvalue weighted by molar-refractivity contribution is 9.09. The van der Waals surface area contributed by atoms with E-state index in [9.17, 15) is 4.79 Å². The van der Waals surface area contributed by atoms with Crippen LogP contribution in [0.4, 0.5) is 0 Å². The molecule has 0 saturated heterocycles. The van der Waals surface area contributed by atoms with Gasteiger partial charge in [-0.1, -0.05) is 29.8 Å². The van der Waals surface area contributed by atoms with E-state index in [0.717, 1.165) is 11.1 Å². The average Bonchev–Trinajstić information content (AvgIpc) is 2.36. The summed E-state index contributed by atoms with van der Waals surface area (Å²) in [5, 5.41) is 3.76. The van der Waals surface area contributed by atoms with Crippen molar-refractivity contribution in [2.24, 2.45) is 5.92 Å². The molecule has 1 aromatic carbocycles. The zero-order chi connectivity index (χ0) is 13.5. The summed E-state index contributed by atoms with van der Waals surface area (Å²) in [7, 11) is 0. The van der Waals surface area contributed by atoms with E-state index in [1.165, 1.54) is 0 Å². The van der Waals surface area contributed by atoms with Gasteiger partial charge >= 0.3 is 0 Å². The van der Waals surface area contributed by atoms with Gasteiger partial charge in [0.2, 0.25) is 0 Å². The van der Waals surface area contributed by atoms with E-state index in [0.29, 0.717) is 18.1 Å². The van der Waals surface area contributed by atoms with Crippen LogP contribution in [0.1, 0.15) is 31.1 Å². The van der Waals surface area contributed by atoms with Crippen LogP contribution in [-0.2, 0) is 0 Å². The number of alkyl halides is 1. The minimum absolute atomic E-state index is 0.0452. The summed E-state index contributed by atoms with van der Waals surface area (Å²) in [6, 6.07) is 7.34. The van der Waals surface area contributed by atoms with Crippen LogP contribution in [-0.4, -0.2) is 23.9 Å². The van der Waals surface area contributed by atoms with Gasteiger partial charge in [-0.2, -0.15) is 0 Å². The fourth-order valence-corrected chi connectivity index (χ4v) is 2.41. The molecule has 1 unspecified atom stereocenters. The number of ether oxygens (including phenoxy) is 1. The maximum Gasteiger partial charge on any atom is 0.251 e. The van der Waals surface area contributed by atoms with Gasteiger partial charge in [0.05, 0.1) is 6.61 Å². The molecule has 0 saturated carbocycles. The first-order valence-corrected chi connectivity index (χ1v) is 7.30. The first kappa shape index (κ1) is 15.0. The molecule has 0 radical (unpaired) electrons. The van der Waals surface area contributed by atoms with Gasteiger partial charge < -0.3 is 10.1 Å². The normalized spacial score (nSPS) is 12.3. The number of benzene rings is 1. The largest absolute Gasteiger partial charge is 0.494 e. The molecule has 100 valence electrons. The number of carbonyl (C=O) groups excluding carboxylic acids is 1. The van der Waals surface area contributed by atoms with Crippen LogP contribution >= 0.6 is 15.9 Å². The predicted octanol–water partition coefficient (Wildman–Crippen LogP) is 3.23. The Labute approximate surface area is 117 Å².